The van der Waals surface area contributed by atoms with Crippen molar-refractivity contribution in [2.75, 3.05) is 99.1 Å². The molecule has 0 heterocycles. The van der Waals surface area contributed by atoms with Crippen molar-refractivity contribution in [1.82, 2.24) is 0 Å². The fourth-order valence-corrected chi connectivity index (χ4v) is 8.92. The molecule has 522 valence electrons. The smallest absolute Gasteiger partial charge is 0.336 e. The first-order chi connectivity index (χ1) is 46.4. The van der Waals surface area contributed by atoms with E-state index in [1.807, 2.05) is 24.3 Å². The lowest BCUT2D eigenvalue weighted by molar-refractivity contribution is -0.286. The Bertz CT molecular complexity index is 2540. The zero-order chi connectivity index (χ0) is 67.3. The highest BCUT2D eigenvalue weighted by Gasteiger charge is 2.20. The van der Waals surface area contributed by atoms with Gasteiger partial charge in [-0.15, -0.1) is 19.7 Å². The molecule has 0 saturated heterocycles. The van der Waals surface area contributed by atoms with Gasteiger partial charge in [-0.05, 0) is 196 Å². The normalized spacial score (nSPS) is 11.0. The van der Waals surface area contributed by atoms with Crippen LogP contribution in [0.2, 0.25) is 0 Å². The molecule has 3 aromatic carbocycles. The first-order valence-corrected chi connectivity index (χ1v) is 33.6. The Morgan fingerprint density at radius 2 is 0.553 bits per heavy atom. The molecule has 19 nitrogen and oxygen atoms in total. The first kappa shape index (κ1) is 80.7. The van der Waals surface area contributed by atoms with Crippen LogP contribution < -0.4 is 37.9 Å². The fourth-order valence-electron chi connectivity index (χ4n) is 8.92. The van der Waals surface area contributed by atoms with Gasteiger partial charge >= 0.3 is 11.9 Å². The standard InChI is InChI=1S/C75H108O19/c1-7-49-87-90-61-34-22-19-29-56-82-69-46-38-64(72(83-57-30-17-14-26-53-79-11-5)75(69)86-60-33-21-24-36-63-92-89-51-9-3)39-47-70(76)93-66-41-43-67(44-42-66)94-71(77)48-40-65-37-45-68(81-55-28-16-13-25-52-78-10-4)74(85-59-32-18-15-27-54-80-12-6)73(65)84-58-31-20-23-35-62-91-88-50-8-2/h7-12,37-48H,1-6,13-36,49-63H2/b47-39+,48-40+. The number of unbranched alkanes of at least 4 members (excludes halogenated alkanes) is 18. The van der Waals surface area contributed by atoms with Crippen LogP contribution in [-0.4, -0.2) is 111 Å². The number of benzene rings is 3. The van der Waals surface area contributed by atoms with Gasteiger partial charge in [-0.1, -0.05) is 57.2 Å². The zero-order valence-corrected chi connectivity index (χ0v) is 56.0. The van der Waals surface area contributed by atoms with E-state index in [9.17, 15) is 9.59 Å². The van der Waals surface area contributed by atoms with Gasteiger partial charge in [0, 0.05) is 23.3 Å². The van der Waals surface area contributed by atoms with E-state index in [-0.39, 0.29) is 11.5 Å². The maximum absolute atomic E-state index is 13.5. The van der Waals surface area contributed by atoms with Gasteiger partial charge in [-0.2, -0.15) is 0 Å². The van der Waals surface area contributed by atoms with Crippen LogP contribution in [0.5, 0.6) is 46.0 Å². The van der Waals surface area contributed by atoms with Gasteiger partial charge in [-0.3, -0.25) is 0 Å². The van der Waals surface area contributed by atoms with E-state index >= 15 is 0 Å². The molecule has 19 heteroatoms. The second-order valence-electron chi connectivity index (χ2n) is 21.5. The van der Waals surface area contributed by atoms with E-state index in [0.29, 0.717) is 145 Å². The van der Waals surface area contributed by atoms with Crippen LogP contribution in [0, 0.1) is 0 Å². The number of hydrogen-bond donors (Lipinski definition) is 0. The Kier molecular flexibility index (Phi) is 49.9. The lowest BCUT2D eigenvalue weighted by Gasteiger charge is -2.19. The molecule has 3 rings (SSSR count). The van der Waals surface area contributed by atoms with Crippen LogP contribution in [-0.2, 0) is 53.1 Å². The molecule has 3 aromatic rings. The van der Waals surface area contributed by atoms with Crippen molar-refractivity contribution in [3.63, 3.8) is 0 Å². The minimum atomic E-state index is -0.642. The van der Waals surface area contributed by atoms with Crippen molar-refractivity contribution in [3.05, 3.63) is 148 Å². The van der Waals surface area contributed by atoms with Gasteiger partial charge in [0.15, 0.2) is 23.0 Å². The molecular weight excluding hydrogens is 1200 g/mol. The summed E-state index contributed by atoms with van der Waals surface area (Å²) in [7, 11) is 0. The zero-order valence-electron chi connectivity index (χ0n) is 56.0. The highest BCUT2D eigenvalue weighted by atomic mass is 17.2. The number of carbonyl (C=O) groups is 2. The summed E-state index contributed by atoms with van der Waals surface area (Å²) >= 11 is 0. The summed E-state index contributed by atoms with van der Waals surface area (Å²) in [5, 5.41) is 0. The molecular formula is C75H108O19. The molecule has 0 amide bonds. The van der Waals surface area contributed by atoms with Crippen molar-refractivity contribution in [3.8, 4) is 46.0 Å². The highest BCUT2D eigenvalue weighted by molar-refractivity contribution is 5.90. The Morgan fingerprint density at radius 3 is 0.840 bits per heavy atom. The van der Waals surface area contributed by atoms with Gasteiger partial charge in [0.2, 0.25) is 11.5 Å². The van der Waals surface area contributed by atoms with Crippen molar-refractivity contribution < 1.29 is 91.0 Å². The summed E-state index contributed by atoms with van der Waals surface area (Å²) in [6.07, 6.45) is 36.5. The van der Waals surface area contributed by atoms with Crippen molar-refractivity contribution in [2.24, 2.45) is 0 Å². The Hall–Kier alpha value is -7.52. The highest BCUT2D eigenvalue weighted by Crippen LogP contribution is 2.43. The van der Waals surface area contributed by atoms with Gasteiger partial charge < -0.3 is 52.1 Å². The van der Waals surface area contributed by atoms with E-state index in [0.717, 1.165) is 154 Å². The predicted molar refractivity (Wildman–Crippen MR) is 367 cm³/mol. The molecule has 0 aliphatic heterocycles. The third kappa shape index (κ3) is 40.6. The monoisotopic (exact) mass is 1310 g/mol. The topological polar surface area (TPSA) is 191 Å². The average molecular weight is 1310 g/mol. The van der Waals surface area contributed by atoms with Gasteiger partial charge in [-0.25, -0.2) is 38.9 Å². The minimum absolute atomic E-state index is 0.236. The van der Waals surface area contributed by atoms with Gasteiger partial charge in [0.05, 0.1) is 98.1 Å². The second-order valence-corrected chi connectivity index (χ2v) is 21.5. The molecule has 0 aromatic heterocycles. The van der Waals surface area contributed by atoms with Crippen LogP contribution in [0.4, 0.5) is 0 Å². The van der Waals surface area contributed by atoms with E-state index in [2.05, 4.69) is 39.5 Å². The third-order valence-electron chi connectivity index (χ3n) is 13.8. The maximum atomic E-state index is 13.5. The summed E-state index contributed by atoms with van der Waals surface area (Å²) in [6, 6.07) is 13.6. The second kappa shape index (κ2) is 58.1. The molecule has 0 unspecified atom stereocenters. The number of carbonyl (C=O) groups excluding carboxylic acids is 2. The van der Waals surface area contributed by atoms with Crippen molar-refractivity contribution >= 4 is 24.1 Å². The lowest BCUT2D eigenvalue weighted by Crippen LogP contribution is -2.08. The van der Waals surface area contributed by atoms with Gasteiger partial charge in [0.1, 0.15) is 31.3 Å². The van der Waals surface area contributed by atoms with Crippen LogP contribution in [0.15, 0.2) is 137 Å². The van der Waals surface area contributed by atoms with Gasteiger partial charge in [0.25, 0.3) is 0 Å². The molecule has 0 aliphatic rings. The largest absolute Gasteiger partial charge is 0.502 e. The lowest BCUT2D eigenvalue weighted by atomic mass is 10.1. The molecule has 0 bridgehead atoms. The number of rotatable bonds is 66. The van der Waals surface area contributed by atoms with Crippen molar-refractivity contribution in [2.45, 2.75) is 154 Å². The van der Waals surface area contributed by atoms with Crippen LogP contribution in [0.25, 0.3) is 12.2 Å². The molecule has 0 spiro atoms. The average Bonchev–Trinajstić information content (AvgIpc) is 0.838. The summed E-state index contributed by atoms with van der Waals surface area (Å²) in [4.78, 5) is 57.7. The fraction of sp³-hybridized carbons (Fsp3) is 0.520. The molecule has 0 saturated carbocycles. The van der Waals surface area contributed by atoms with E-state index in [4.69, 9.17) is 81.4 Å². The third-order valence-corrected chi connectivity index (χ3v) is 13.8. The number of hydrogen-bond acceptors (Lipinski definition) is 19. The Labute approximate surface area is 560 Å². The first-order valence-electron chi connectivity index (χ1n) is 33.6. The summed E-state index contributed by atoms with van der Waals surface area (Å²) in [5.74, 6) is 2.14. The molecule has 0 atom stereocenters. The molecule has 94 heavy (non-hydrogen) atoms. The quantitative estimate of drug-likeness (QED) is 0.00757. The van der Waals surface area contributed by atoms with E-state index in [1.165, 1.54) is 30.9 Å². The maximum Gasteiger partial charge on any atom is 0.336 e. The molecule has 0 radical (unpaired) electrons. The summed E-state index contributed by atoms with van der Waals surface area (Å²) in [5.41, 5.74) is 1.21. The van der Waals surface area contributed by atoms with Crippen LogP contribution >= 0.6 is 0 Å². The number of esters is 2. The summed E-state index contributed by atoms with van der Waals surface area (Å²) in [6.45, 7) is 28.7. The molecule has 0 N–H and O–H groups in total. The van der Waals surface area contributed by atoms with Crippen LogP contribution in [0.3, 0.4) is 0 Å². The molecule has 0 aliphatic carbocycles. The van der Waals surface area contributed by atoms with Crippen LogP contribution in [0.1, 0.15) is 165 Å². The summed E-state index contributed by atoms with van der Waals surface area (Å²) < 4.78 is 66.2. The SMILES string of the molecule is C=CCOOCCCCCCOc1ccc(/C=C/C(=O)Oc2ccc(OC(=O)/C=C/c3ccc(OCCCCCCOC=C)c(OCCCCCCOC=C)c3OCCCCCCOOCC=C)cc2)c(OCCCCCCOC=C)c1OCCCCCCOOCC=C. The predicted octanol–water partition coefficient (Wildman–Crippen LogP) is 17.4. The Balaban J connectivity index is 1.81. The van der Waals surface area contributed by atoms with Crippen molar-refractivity contribution in [1.29, 1.82) is 0 Å². The molecule has 0 fully saturated rings. The Morgan fingerprint density at radius 1 is 0.287 bits per heavy atom. The van der Waals surface area contributed by atoms with E-state index in [1.54, 1.807) is 54.6 Å². The van der Waals surface area contributed by atoms with E-state index < -0.39 is 11.9 Å². The number of ether oxygens (including phenoxy) is 11. The minimum Gasteiger partial charge on any atom is -0.502 e.